The van der Waals surface area contributed by atoms with E-state index in [1.165, 1.54) is 18.3 Å². The Balaban J connectivity index is 2.42. The maximum absolute atomic E-state index is 11.9. The average Bonchev–Trinajstić information content (AvgIpc) is 2.81. The van der Waals surface area contributed by atoms with Crippen LogP contribution in [0.1, 0.15) is 5.69 Å². The minimum Gasteiger partial charge on any atom is -0.252 e. The Hall–Kier alpha value is -2.12. The molecule has 17 heavy (non-hydrogen) atoms. The standard InChI is InChI=1S/C7H4N6O2S2/c8-4-5-6(2-1-3-9-5)17(14,15)11-7-10-12-13-16-7/h1-3H,(H,10,11,13). The molecule has 0 amide bonds. The highest BCUT2D eigenvalue weighted by Crippen LogP contribution is 2.17. The van der Waals surface area contributed by atoms with Crippen molar-refractivity contribution in [2.75, 3.05) is 4.72 Å². The maximum atomic E-state index is 11.9. The summed E-state index contributed by atoms with van der Waals surface area (Å²) in [6.45, 7) is 0. The molecule has 0 saturated heterocycles. The molecule has 2 rings (SSSR count). The Labute approximate surface area is 100 Å². The number of pyridine rings is 1. The molecule has 0 bridgehead atoms. The van der Waals surface area contributed by atoms with Gasteiger partial charge in [-0.2, -0.15) is 5.26 Å². The van der Waals surface area contributed by atoms with Crippen molar-refractivity contribution in [2.24, 2.45) is 0 Å². The van der Waals surface area contributed by atoms with Crippen molar-refractivity contribution < 1.29 is 8.42 Å². The molecular weight excluding hydrogens is 264 g/mol. The van der Waals surface area contributed by atoms with Gasteiger partial charge in [0, 0.05) is 17.7 Å². The third-order valence-corrected chi connectivity index (χ3v) is 3.70. The quantitative estimate of drug-likeness (QED) is 0.831. The molecule has 2 aromatic rings. The molecule has 0 aromatic carbocycles. The second kappa shape index (κ2) is 4.40. The van der Waals surface area contributed by atoms with Gasteiger partial charge in [-0.1, -0.05) is 9.59 Å². The lowest BCUT2D eigenvalue weighted by Crippen LogP contribution is -2.14. The number of nitriles is 1. The van der Waals surface area contributed by atoms with Crippen LogP contribution in [0.4, 0.5) is 5.13 Å². The van der Waals surface area contributed by atoms with Crippen LogP contribution >= 0.6 is 11.5 Å². The molecule has 0 aliphatic rings. The van der Waals surface area contributed by atoms with E-state index in [0.29, 0.717) is 0 Å². The number of aromatic nitrogens is 4. The minimum absolute atomic E-state index is 0.0257. The first kappa shape index (κ1) is 11.4. The van der Waals surface area contributed by atoms with Gasteiger partial charge in [-0.25, -0.2) is 13.4 Å². The van der Waals surface area contributed by atoms with Crippen LogP contribution in [-0.2, 0) is 10.0 Å². The number of hydrogen-bond acceptors (Lipinski definition) is 8. The van der Waals surface area contributed by atoms with Crippen molar-refractivity contribution in [2.45, 2.75) is 4.90 Å². The van der Waals surface area contributed by atoms with Crippen LogP contribution in [0.3, 0.4) is 0 Å². The molecule has 0 fully saturated rings. The Morgan fingerprint density at radius 2 is 2.29 bits per heavy atom. The summed E-state index contributed by atoms with van der Waals surface area (Å²) in [6.07, 6.45) is 1.34. The van der Waals surface area contributed by atoms with E-state index in [-0.39, 0.29) is 15.7 Å². The fourth-order valence-corrected chi connectivity index (χ4v) is 2.73. The molecule has 2 aromatic heterocycles. The van der Waals surface area contributed by atoms with Crippen LogP contribution in [0.25, 0.3) is 0 Å². The topological polar surface area (TPSA) is 122 Å². The van der Waals surface area contributed by atoms with E-state index in [0.717, 1.165) is 11.5 Å². The molecule has 0 atom stereocenters. The molecule has 0 unspecified atom stereocenters. The lowest BCUT2D eigenvalue weighted by molar-refractivity contribution is 0.600. The summed E-state index contributed by atoms with van der Waals surface area (Å²) in [5.41, 5.74) is -0.183. The lowest BCUT2D eigenvalue weighted by atomic mass is 10.4. The monoisotopic (exact) mass is 268 g/mol. The molecule has 0 aliphatic carbocycles. The van der Waals surface area contributed by atoms with E-state index in [2.05, 4.69) is 24.5 Å². The summed E-state index contributed by atoms with van der Waals surface area (Å²) in [4.78, 5) is 3.45. The Morgan fingerprint density at radius 1 is 1.47 bits per heavy atom. The predicted octanol–water partition coefficient (Wildman–Crippen LogP) is 0.000580. The van der Waals surface area contributed by atoms with Gasteiger partial charge in [0.05, 0.1) is 0 Å². The SMILES string of the molecule is N#Cc1ncccc1S(=O)(=O)Nc1nnns1. The average molecular weight is 268 g/mol. The largest absolute Gasteiger partial charge is 0.266 e. The van der Waals surface area contributed by atoms with E-state index < -0.39 is 10.0 Å². The normalized spacial score (nSPS) is 10.8. The van der Waals surface area contributed by atoms with Gasteiger partial charge < -0.3 is 0 Å². The van der Waals surface area contributed by atoms with Crippen LogP contribution in [0.2, 0.25) is 0 Å². The number of sulfonamides is 1. The Bertz CT molecular complexity index is 660. The van der Waals surface area contributed by atoms with Gasteiger partial charge in [0.15, 0.2) is 5.69 Å². The van der Waals surface area contributed by atoms with Crippen molar-refractivity contribution in [3.8, 4) is 6.07 Å². The fourth-order valence-electron chi connectivity index (χ4n) is 1.03. The van der Waals surface area contributed by atoms with E-state index in [4.69, 9.17) is 5.26 Å². The highest BCUT2D eigenvalue weighted by molar-refractivity contribution is 7.93. The third-order valence-electron chi connectivity index (χ3n) is 1.69. The second-order valence-corrected chi connectivity index (χ2v) is 5.12. The summed E-state index contributed by atoms with van der Waals surface area (Å²) in [6, 6.07) is 4.41. The van der Waals surface area contributed by atoms with Crippen molar-refractivity contribution in [1.29, 1.82) is 5.26 Å². The van der Waals surface area contributed by atoms with Crippen LogP contribution in [0, 0.1) is 11.3 Å². The molecule has 10 heteroatoms. The van der Waals surface area contributed by atoms with Gasteiger partial charge in [0.25, 0.3) is 10.0 Å². The van der Waals surface area contributed by atoms with Crippen LogP contribution in [-0.4, -0.2) is 28.2 Å². The zero-order valence-corrected chi connectivity index (χ0v) is 9.73. The first-order valence-corrected chi connectivity index (χ1v) is 6.42. The van der Waals surface area contributed by atoms with E-state index in [1.54, 1.807) is 6.07 Å². The lowest BCUT2D eigenvalue weighted by Gasteiger charge is -2.04. The number of anilines is 1. The van der Waals surface area contributed by atoms with Crippen molar-refractivity contribution in [1.82, 2.24) is 19.8 Å². The summed E-state index contributed by atoms with van der Waals surface area (Å²) < 4.78 is 29.3. The summed E-state index contributed by atoms with van der Waals surface area (Å²) in [7, 11) is -3.89. The van der Waals surface area contributed by atoms with Crippen LogP contribution < -0.4 is 4.72 Å². The molecule has 1 N–H and O–H groups in total. The molecule has 0 aliphatic heterocycles. The van der Waals surface area contributed by atoms with Crippen molar-refractivity contribution in [3.63, 3.8) is 0 Å². The Morgan fingerprint density at radius 3 is 2.94 bits per heavy atom. The third kappa shape index (κ3) is 2.35. The number of nitrogens with one attached hydrogen (secondary N) is 1. The zero-order chi connectivity index (χ0) is 12.3. The van der Waals surface area contributed by atoms with E-state index in [9.17, 15) is 8.42 Å². The molecule has 8 nitrogen and oxygen atoms in total. The fraction of sp³-hybridized carbons (Fsp3) is 0. The first-order chi connectivity index (χ1) is 8.13. The van der Waals surface area contributed by atoms with Gasteiger partial charge >= 0.3 is 0 Å². The first-order valence-electron chi connectivity index (χ1n) is 4.16. The summed E-state index contributed by atoms with van der Waals surface area (Å²) in [5, 5.41) is 15.5. The predicted molar refractivity (Wildman–Crippen MR) is 57.5 cm³/mol. The maximum Gasteiger partial charge on any atom is 0.266 e. The molecular formula is C7H4N6O2S2. The number of rotatable bonds is 3. The minimum atomic E-state index is -3.89. The number of hydrogen-bond donors (Lipinski definition) is 1. The molecule has 86 valence electrons. The molecule has 0 saturated carbocycles. The summed E-state index contributed by atoms with van der Waals surface area (Å²) >= 11 is 0.792. The van der Waals surface area contributed by atoms with Crippen molar-refractivity contribution in [3.05, 3.63) is 24.0 Å². The second-order valence-electron chi connectivity index (χ2n) is 2.73. The van der Waals surface area contributed by atoms with Gasteiger partial charge in [0.2, 0.25) is 5.13 Å². The van der Waals surface area contributed by atoms with Gasteiger partial charge in [-0.3, -0.25) is 4.72 Å². The zero-order valence-electron chi connectivity index (χ0n) is 8.10. The van der Waals surface area contributed by atoms with E-state index in [1.807, 2.05) is 0 Å². The molecule has 2 heterocycles. The highest BCUT2D eigenvalue weighted by atomic mass is 32.2. The van der Waals surface area contributed by atoms with Crippen LogP contribution in [0.15, 0.2) is 23.2 Å². The van der Waals surface area contributed by atoms with E-state index >= 15 is 0 Å². The smallest absolute Gasteiger partial charge is 0.252 e. The van der Waals surface area contributed by atoms with Gasteiger partial charge in [0.1, 0.15) is 11.0 Å². The van der Waals surface area contributed by atoms with Gasteiger partial charge in [-0.15, -0.1) is 0 Å². The van der Waals surface area contributed by atoms with Gasteiger partial charge in [-0.05, 0) is 17.3 Å². The Kier molecular flexibility index (Phi) is 2.94. The molecule has 0 spiro atoms. The summed E-state index contributed by atoms with van der Waals surface area (Å²) in [5.74, 6) is 0. The number of nitrogens with zero attached hydrogens (tertiary/aromatic N) is 5. The highest BCUT2D eigenvalue weighted by Gasteiger charge is 2.20. The van der Waals surface area contributed by atoms with Crippen molar-refractivity contribution >= 4 is 26.7 Å². The molecule has 0 radical (unpaired) electrons. The van der Waals surface area contributed by atoms with Crippen LogP contribution in [0.5, 0.6) is 0 Å².